The number of amides is 1. The molecule has 1 atom stereocenters. The molecule has 3 aromatic rings. The number of aryl methyl sites for hydroxylation is 1. The number of para-hydroxylation sites is 1. The third-order valence-electron chi connectivity index (χ3n) is 9.10. The minimum Gasteiger partial charge on any atom is -0.395 e. The van der Waals surface area contributed by atoms with Gasteiger partial charge in [0.25, 0.3) is 5.56 Å². The second kappa shape index (κ2) is 12.9. The van der Waals surface area contributed by atoms with Crippen LogP contribution in [0.1, 0.15) is 62.0 Å². The molecule has 39 heavy (non-hydrogen) atoms. The highest BCUT2D eigenvalue weighted by Gasteiger charge is 2.33. The van der Waals surface area contributed by atoms with E-state index >= 15 is 0 Å². The Morgan fingerprint density at radius 2 is 1.67 bits per heavy atom. The molecule has 2 fully saturated rings. The quantitative estimate of drug-likeness (QED) is 0.427. The Morgan fingerprint density at radius 3 is 2.38 bits per heavy atom. The summed E-state index contributed by atoms with van der Waals surface area (Å²) in [4.78, 5) is 32.0. The normalized spacial score (nSPS) is 18.3. The first kappa shape index (κ1) is 27.6. The van der Waals surface area contributed by atoms with Crippen molar-refractivity contribution in [2.45, 2.75) is 57.4 Å². The number of rotatable bonds is 9. The number of aromatic nitrogens is 1. The third kappa shape index (κ3) is 6.44. The van der Waals surface area contributed by atoms with Gasteiger partial charge in [-0.1, -0.05) is 67.8 Å². The number of nitrogens with zero attached hydrogens (tertiary/aromatic N) is 3. The molecule has 1 saturated heterocycles. The highest BCUT2D eigenvalue weighted by molar-refractivity contribution is 5.81. The van der Waals surface area contributed by atoms with Gasteiger partial charge in [-0.25, -0.2) is 0 Å². The van der Waals surface area contributed by atoms with Crippen LogP contribution in [0.4, 0.5) is 0 Å². The number of hydrogen-bond acceptors (Lipinski definition) is 4. The summed E-state index contributed by atoms with van der Waals surface area (Å²) >= 11 is 0. The summed E-state index contributed by atoms with van der Waals surface area (Å²) in [6, 6.07) is 20.6. The van der Waals surface area contributed by atoms with Crippen molar-refractivity contribution in [2.24, 2.45) is 18.9 Å². The topological polar surface area (TPSA) is 65.8 Å². The summed E-state index contributed by atoms with van der Waals surface area (Å²) in [6.45, 7) is 3.82. The lowest BCUT2D eigenvalue weighted by Crippen LogP contribution is -2.43. The zero-order valence-electron chi connectivity index (χ0n) is 23.3. The molecule has 2 heterocycles. The van der Waals surface area contributed by atoms with Crippen LogP contribution in [-0.4, -0.2) is 58.2 Å². The van der Waals surface area contributed by atoms with Crippen LogP contribution in [-0.2, 0) is 18.4 Å². The number of fused-ring (bicyclic) bond motifs is 1. The molecule has 2 aliphatic rings. The average Bonchev–Trinajstić information content (AvgIpc) is 2.99. The molecule has 1 amide bonds. The number of piperidine rings is 1. The number of pyridine rings is 1. The number of carbonyl (C=O) groups is 1. The first-order valence-corrected chi connectivity index (χ1v) is 14.8. The van der Waals surface area contributed by atoms with Crippen LogP contribution >= 0.6 is 0 Å². The van der Waals surface area contributed by atoms with Crippen LogP contribution < -0.4 is 5.56 Å². The van der Waals surface area contributed by atoms with Gasteiger partial charge in [-0.05, 0) is 67.8 Å². The number of aliphatic hydroxyl groups is 1. The van der Waals surface area contributed by atoms with Crippen LogP contribution in [0.15, 0.2) is 65.5 Å². The Morgan fingerprint density at radius 1 is 0.974 bits per heavy atom. The van der Waals surface area contributed by atoms with E-state index < -0.39 is 0 Å². The van der Waals surface area contributed by atoms with Crippen molar-refractivity contribution in [3.63, 3.8) is 0 Å². The van der Waals surface area contributed by atoms with Gasteiger partial charge in [-0.15, -0.1) is 0 Å². The van der Waals surface area contributed by atoms with Gasteiger partial charge in [-0.2, -0.15) is 0 Å². The summed E-state index contributed by atoms with van der Waals surface area (Å²) in [5, 5.41) is 10.4. The largest absolute Gasteiger partial charge is 0.395 e. The molecule has 1 aliphatic carbocycles. The molecular formula is C33H43N3O3. The molecule has 1 unspecified atom stereocenters. The lowest BCUT2D eigenvalue weighted by molar-refractivity contribution is -0.137. The van der Waals surface area contributed by atoms with E-state index in [-0.39, 0.29) is 29.9 Å². The zero-order chi connectivity index (χ0) is 27.2. The van der Waals surface area contributed by atoms with Gasteiger partial charge in [0.2, 0.25) is 5.91 Å². The third-order valence-corrected chi connectivity index (χ3v) is 9.10. The summed E-state index contributed by atoms with van der Waals surface area (Å²) in [7, 11) is 1.83. The van der Waals surface area contributed by atoms with Crippen LogP contribution in [0.5, 0.6) is 0 Å². The maximum absolute atomic E-state index is 14.1. The van der Waals surface area contributed by atoms with Crippen LogP contribution in [0.2, 0.25) is 0 Å². The number of β-amino-alcohol motifs (C(OH)–C–C–N with tert-alkyl or cyclic N) is 1. The van der Waals surface area contributed by atoms with Crippen LogP contribution in [0.3, 0.4) is 0 Å². The van der Waals surface area contributed by atoms with Crippen molar-refractivity contribution >= 4 is 16.8 Å². The summed E-state index contributed by atoms with van der Waals surface area (Å²) in [6.07, 6.45) is 7.39. The fourth-order valence-corrected chi connectivity index (χ4v) is 6.83. The summed E-state index contributed by atoms with van der Waals surface area (Å²) in [5.41, 5.74) is 2.84. The minimum atomic E-state index is -0.0243. The van der Waals surface area contributed by atoms with Gasteiger partial charge in [0, 0.05) is 37.5 Å². The Kier molecular flexibility index (Phi) is 9.15. The molecule has 5 rings (SSSR count). The minimum absolute atomic E-state index is 0.0243. The smallest absolute Gasteiger partial charge is 0.255 e. The van der Waals surface area contributed by atoms with E-state index in [0.717, 1.165) is 69.1 Å². The average molecular weight is 530 g/mol. The molecule has 2 aromatic carbocycles. The lowest BCUT2D eigenvalue weighted by atomic mass is 9.79. The predicted octanol–water partition coefficient (Wildman–Crippen LogP) is 4.94. The van der Waals surface area contributed by atoms with E-state index in [1.807, 2.05) is 48.3 Å². The zero-order valence-corrected chi connectivity index (χ0v) is 23.3. The number of likely N-dealkylation sites (tertiary alicyclic amines) is 1. The van der Waals surface area contributed by atoms with Gasteiger partial charge in [0.1, 0.15) is 0 Å². The molecule has 6 nitrogen and oxygen atoms in total. The number of aliphatic hydroxyl groups excluding tert-OH is 1. The Labute approximate surface area is 232 Å². The molecule has 0 spiro atoms. The standard InChI is InChI=1S/C33H43N3O3/c1-34-31-15-9-8-14-28(31)22-29(32(34)38)23-36(33(39)27-12-6-3-7-13-27)24-30(25-10-4-2-5-11-25)26-16-18-35(19-17-26)20-21-37/h2,4-5,8-11,14-15,22,26-27,30,37H,3,6-7,12-13,16-21,23-24H2,1H3. The van der Waals surface area contributed by atoms with Gasteiger partial charge in [0.15, 0.2) is 0 Å². The fraction of sp³-hybridized carbons (Fsp3) is 0.515. The maximum Gasteiger partial charge on any atom is 0.255 e. The van der Waals surface area contributed by atoms with E-state index in [4.69, 9.17) is 0 Å². The monoisotopic (exact) mass is 529 g/mol. The van der Waals surface area contributed by atoms with Crippen LogP contribution in [0, 0.1) is 11.8 Å². The molecule has 208 valence electrons. The highest BCUT2D eigenvalue weighted by atomic mass is 16.3. The van der Waals surface area contributed by atoms with E-state index in [9.17, 15) is 14.7 Å². The molecular weight excluding hydrogens is 486 g/mol. The Balaban J connectivity index is 1.47. The van der Waals surface area contributed by atoms with Crippen molar-refractivity contribution in [3.05, 3.63) is 82.1 Å². The summed E-state index contributed by atoms with van der Waals surface area (Å²) < 4.78 is 1.72. The van der Waals surface area contributed by atoms with Gasteiger partial charge >= 0.3 is 0 Å². The molecule has 1 aliphatic heterocycles. The van der Waals surface area contributed by atoms with E-state index in [0.29, 0.717) is 24.6 Å². The molecule has 1 aromatic heterocycles. The van der Waals surface area contributed by atoms with Gasteiger partial charge in [-0.3, -0.25) is 9.59 Å². The number of carbonyl (C=O) groups excluding carboxylic acids is 1. The molecule has 1 saturated carbocycles. The summed E-state index contributed by atoms with van der Waals surface area (Å²) in [5.74, 6) is 0.914. The van der Waals surface area contributed by atoms with Crippen molar-refractivity contribution in [1.29, 1.82) is 0 Å². The van der Waals surface area contributed by atoms with E-state index in [1.54, 1.807) is 4.57 Å². The fourth-order valence-electron chi connectivity index (χ4n) is 6.83. The van der Waals surface area contributed by atoms with Crippen molar-refractivity contribution in [3.8, 4) is 0 Å². The Hall–Kier alpha value is -2.96. The van der Waals surface area contributed by atoms with Gasteiger partial charge < -0.3 is 19.5 Å². The van der Waals surface area contributed by atoms with Crippen LogP contribution in [0.25, 0.3) is 10.9 Å². The first-order chi connectivity index (χ1) is 19.0. The molecule has 6 heteroatoms. The maximum atomic E-state index is 14.1. The van der Waals surface area contributed by atoms with Crippen molar-refractivity contribution < 1.29 is 9.90 Å². The molecule has 0 radical (unpaired) electrons. The lowest BCUT2D eigenvalue weighted by Gasteiger charge is -2.39. The van der Waals surface area contributed by atoms with Gasteiger partial charge in [0.05, 0.1) is 18.7 Å². The van der Waals surface area contributed by atoms with Crippen molar-refractivity contribution in [2.75, 3.05) is 32.8 Å². The number of hydrogen-bond donors (Lipinski definition) is 1. The molecule has 0 bridgehead atoms. The van der Waals surface area contributed by atoms with Crippen molar-refractivity contribution in [1.82, 2.24) is 14.4 Å². The predicted molar refractivity (Wildman–Crippen MR) is 157 cm³/mol. The van der Waals surface area contributed by atoms with E-state index in [2.05, 4.69) is 29.2 Å². The second-order valence-corrected chi connectivity index (χ2v) is 11.6. The highest BCUT2D eigenvalue weighted by Crippen LogP contribution is 2.35. The number of benzene rings is 2. The van der Waals surface area contributed by atoms with E-state index in [1.165, 1.54) is 12.0 Å². The second-order valence-electron chi connectivity index (χ2n) is 11.6. The first-order valence-electron chi connectivity index (χ1n) is 14.8. The molecule has 1 N–H and O–H groups in total. The Bertz CT molecular complexity index is 1290. The SMILES string of the molecule is Cn1c(=O)c(CN(CC(c2ccccc2)C2CCN(CCO)CC2)C(=O)C2CCCCC2)cc2ccccc21.